The van der Waals surface area contributed by atoms with Gasteiger partial charge in [0.05, 0.1) is 21.5 Å². The van der Waals surface area contributed by atoms with Crippen LogP contribution in [0.1, 0.15) is 11.4 Å². The maximum atomic E-state index is 14.4. The number of halogens is 4. The van der Waals surface area contributed by atoms with E-state index in [0.29, 0.717) is 43.1 Å². The fraction of sp³-hybridized carbons (Fsp3) is 0.120. The Morgan fingerprint density at radius 3 is 2.31 bits per heavy atom. The Labute approximate surface area is 225 Å². The van der Waals surface area contributed by atoms with E-state index in [1.807, 2.05) is 23.7 Å². The zero-order valence-corrected chi connectivity index (χ0v) is 22.3. The quantitative estimate of drug-likeness (QED) is 0.186. The van der Waals surface area contributed by atoms with Crippen molar-refractivity contribution in [1.82, 2.24) is 19.3 Å². The lowest BCUT2D eigenvalue weighted by Gasteiger charge is -2.14. The third-order valence-electron chi connectivity index (χ3n) is 5.49. The molecule has 3 aromatic carbocycles. The van der Waals surface area contributed by atoms with Gasteiger partial charge in [0.1, 0.15) is 11.6 Å². The van der Waals surface area contributed by atoms with Gasteiger partial charge >= 0.3 is 0 Å². The molecule has 5 rings (SSSR count). The first-order valence-electron chi connectivity index (χ1n) is 10.5. The molecule has 0 unspecified atom stereocenters. The van der Waals surface area contributed by atoms with Crippen LogP contribution in [0, 0.1) is 5.82 Å². The summed E-state index contributed by atoms with van der Waals surface area (Å²) in [5.41, 5.74) is 2.16. The van der Waals surface area contributed by atoms with Gasteiger partial charge in [-0.2, -0.15) is 0 Å². The van der Waals surface area contributed by atoms with Gasteiger partial charge in [-0.1, -0.05) is 76.9 Å². The summed E-state index contributed by atoms with van der Waals surface area (Å²) in [7, 11) is 2.03. The summed E-state index contributed by atoms with van der Waals surface area (Å²) >= 11 is 22.4. The van der Waals surface area contributed by atoms with Gasteiger partial charge in [-0.25, -0.2) is 4.39 Å². The molecule has 0 saturated carbocycles. The van der Waals surface area contributed by atoms with Crippen LogP contribution in [0.25, 0.3) is 16.6 Å². The number of benzene rings is 3. The highest BCUT2D eigenvalue weighted by molar-refractivity contribution is 7.99. The van der Waals surface area contributed by atoms with Crippen LogP contribution >= 0.6 is 58.3 Å². The van der Waals surface area contributed by atoms with Crippen molar-refractivity contribution in [3.63, 3.8) is 0 Å². The normalized spacial score (nSPS) is 11.5. The van der Waals surface area contributed by atoms with Crippen molar-refractivity contribution in [2.24, 2.45) is 7.05 Å². The lowest BCUT2D eigenvalue weighted by atomic mass is 10.2. The first kappa shape index (κ1) is 24.5. The van der Waals surface area contributed by atoms with Crippen molar-refractivity contribution in [2.45, 2.75) is 21.6 Å². The molecule has 0 N–H and O–H groups in total. The molecule has 10 heteroatoms. The molecule has 5 aromatic rings. The largest absolute Gasteiger partial charge is 0.349 e. The molecule has 0 saturated heterocycles. The molecule has 2 heterocycles. The van der Waals surface area contributed by atoms with Crippen LogP contribution in [0.3, 0.4) is 0 Å². The summed E-state index contributed by atoms with van der Waals surface area (Å²) in [4.78, 5) is 1.13. The molecule has 0 fully saturated rings. The van der Waals surface area contributed by atoms with E-state index in [1.54, 1.807) is 42.1 Å². The van der Waals surface area contributed by atoms with E-state index in [2.05, 4.69) is 33.1 Å². The fourth-order valence-electron chi connectivity index (χ4n) is 3.78. The molecule has 0 spiro atoms. The lowest BCUT2D eigenvalue weighted by molar-refractivity contribution is 0.617. The third kappa shape index (κ3) is 4.93. The molecule has 2 aromatic heterocycles. The molecule has 0 radical (unpaired) electrons. The molecular formula is C25H18Cl3FN4S2. The van der Waals surface area contributed by atoms with E-state index < -0.39 is 0 Å². The van der Waals surface area contributed by atoms with E-state index in [0.717, 1.165) is 10.4 Å². The Bertz CT molecular complexity index is 1490. The molecule has 0 aliphatic rings. The van der Waals surface area contributed by atoms with Crippen LogP contribution < -0.4 is 0 Å². The molecule has 0 aliphatic carbocycles. The van der Waals surface area contributed by atoms with Gasteiger partial charge in [-0.15, -0.1) is 22.0 Å². The van der Waals surface area contributed by atoms with Crippen LogP contribution in [-0.4, -0.2) is 19.3 Å². The van der Waals surface area contributed by atoms with Crippen LogP contribution in [0.4, 0.5) is 4.39 Å². The topological polar surface area (TPSA) is 35.6 Å². The minimum absolute atomic E-state index is 0.280. The average molecular weight is 564 g/mol. The number of hydrogen-bond acceptors (Lipinski definition) is 4. The van der Waals surface area contributed by atoms with Crippen LogP contribution in [0.15, 0.2) is 76.9 Å². The number of para-hydroxylation sites is 2. The minimum atomic E-state index is -0.362. The number of aromatic nitrogens is 4. The number of thioether (sulfide) groups is 2. The molecule has 0 aliphatic heterocycles. The second-order valence-electron chi connectivity index (χ2n) is 7.70. The minimum Gasteiger partial charge on any atom is -0.349 e. The number of aryl methyl sites for hydroxylation is 1. The summed E-state index contributed by atoms with van der Waals surface area (Å²) in [6.45, 7) is 0. The molecular weight excluding hydrogens is 546 g/mol. The number of hydrogen-bond donors (Lipinski definition) is 0. The Morgan fingerprint density at radius 1 is 0.829 bits per heavy atom. The maximum absolute atomic E-state index is 14.4. The molecule has 35 heavy (non-hydrogen) atoms. The van der Waals surface area contributed by atoms with E-state index in [-0.39, 0.29) is 11.6 Å². The highest BCUT2D eigenvalue weighted by Crippen LogP contribution is 2.37. The van der Waals surface area contributed by atoms with Crippen LogP contribution in [0.5, 0.6) is 0 Å². The monoisotopic (exact) mass is 562 g/mol. The molecule has 4 nitrogen and oxygen atoms in total. The van der Waals surface area contributed by atoms with Crippen molar-refractivity contribution in [2.75, 3.05) is 0 Å². The van der Waals surface area contributed by atoms with Gasteiger partial charge in [-0.3, -0.25) is 4.57 Å². The van der Waals surface area contributed by atoms with Crippen LogP contribution in [0.2, 0.25) is 15.1 Å². The molecule has 178 valence electrons. The molecule has 0 bridgehead atoms. The Hall–Kier alpha value is -2.16. The van der Waals surface area contributed by atoms with E-state index in [1.165, 1.54) is 23.2 Å². The highest BCUT2D eigenvalue weighted by atomic mass is 35.5. The van der Waals surface area contributed by atoms with Gasteiger partial charge < -0.3 is 4.57 Å². The fourth-order valence-corrected chi connectivity index (χ4v) is 6.68. The predicted octanol–water partition coefficient (Wildman–Crippen LogP) is 8.44. The van der Waals surface area contributed by atoms with Gasteiger partial charge in [0, 0.05) is 45.4 Å². The summed E-state index contributed by atoms with van der Waals surface area (Å²) in [6.07, 6.45) is 2.11. The Kier molecular flexibility index (Phi) is 7.32. The van der Waals surface area contributed by atoms with Gasteiger partial charge in [0.25, 0.3) is 0 Å². The molecule has 0 atom stereocenters. The second kappa shape index (κ2) is 10.4. The maximum Gasteiger partial charge on any atom is 0.196 e. The van der Waals surface area contributed by atoms with Crippen LogP contribution in [-0.2, 0) is 18.6 Å². The standard InChI is InChI=1S/C25H18Cl3FN4S2/c1-32-12-22(15-6-2-3-11-21(15)32)34-14-23-30-31-25(33(23)24-18(27)8-4-9-19(24)28)35-13-16-17(26)7-5-10-20(16)29/h2-12H,13-14H2,1H3. The van der Waals surface area contributed by atoms with Crippen molar-refractivity contribution in [3.05, 3.63) is 99.1 Å². The zero-order chi connectivity index (χ0) is 24.5. The van der Waals surface area contributed by atoms with E-state index in [4.69, 9.17) is 34.8 Å². The van der Waals surface area contributed by atoms with E-state index >= 15 is 0 Å². The Balaban J connectivity index is 1.51. The van der Waals surface area contributed by atoms with Crippen molar-refractivity contribution in [3.8, 4) is 5.69 Å². The predicted molar refractivity (Wildman–Crippen MR) is 145 cm³/mol. The first-order valence-corrected chi connectivity index (χ1v) is 13.7. The third-order valence-corrected chi connectivity index (χ3v) is 8.44. The highest BCUT2D eigenvalue weighted by Gasteiger charge is 2.21. The number of rotatable bonds is 7. The lowest BCUT2D eigenvalue weighted by Crippen LogP contribution is -2.04. The second-order valence-corrected chi connectivity index (χ2v) is 10.9. The zero-order valence-electron chi connectivity index (χ0n) is 18.4. The van der Waals surface area contributed by atoms with Gasteiger partial charge in [-0.05, 0) is 30.3 Å². The smallest absolute Gasteiger partial charge is 0.196 e. The SMILES string of the molecule is Cn1cc(SCc2nnc(SCc3c(F)cccc3Cl)n2-c2c(Cl)cccc2Cl)c2ccccc21. The number of nitrogens with zero attached hydrogens (tertiary/aromatic N) is 4. The van der Waals surface area contributed by atoms with Crippen molar-refractivity contribution < 1.29 is 4.39 Å². The number of fused-ring (bicyclic) bond motifs is 1. The first-order chi connectivity index (χ1) is 16.9. The van der Waals surface area contributed by atoms with Gasteiger partial charge in [0.15, 0.2) is 5.16 Å². The molecule has 0 amide bonds. The van der Waals surface area contributed by atoms with Crippen molar-refractivity contribution in [1.29, 1.82) is 0 Å². The summed E-state index contributed by atoms with van der Waals surface area (Å²) < 4.78 is 18.3. The van der Waals surface area contributed by atoms with Gasteiger partial charge in [0.2, 0.25) is 0 Å². The summed E-state index contributed by atoms with van der Waals surface area (Å²) in [5, 5.41) is 11.9. The van der Waals surface area contributed by atoms with Crippen molar-refractivity contribution >= 4 is 69.2 Å². The average Bonchev–Trinajstić information content (AvgIpc) is 3.38. The van der Waals surface area contributed by atoms with E-state index in [9.17, 15) is 4.39 Å². The Morgan fingerprint density at radius 2 is 1.54 bits per heavy atom. The summed E-state index contributed by atoms with van der Waals surface area (Å²) in [5.74, 6) is 1.13. The summed E-state index contributed by atoms with van der Waals surface area (Å²) in [6, 6.07) is 18.2.